The first kappa shape index (κ1) is 26.6. The van der Waals surface area contributed by atoms with E-state index >= 15 is 0 Å². The summed E-state index contributed by atoms with van der Waals surface area (Å²) in [5, 5.41) is 12.8. The average molecular weight is 520 g/mol. The Morgan fingerprint density at radius 2 is 1.63 bits per heavy atom. The molecule has 194 valence electrons. The molecule has 0 radical (unpaired) electrons. The number of hydrogen-bond acceptors (Lipinski definition) is 4. The molecule has 1 aromatic heterocycles. The Morgan fingerprint density at radius 3 is 2.29 bits per heavy atom. The van der Waals surface area contributed by atoms with Gasteiger partial charge in [-0.1, -0.05) is 42.5 Å². The Hall–Kier alpha value is -4.50. The number of aromatic nitrogens is 1. The van der Waals surface area contributed by atoms with E-state index in [1.807, 2.05) is 0 Å². The van der Waals surface area contributed by atoms with E-state index in [9.17, 15) is 27.9 Å². The van der Waals surface area contributed by atoms with Gasteiger partial charge < -0.3 is 16.2 Å². The van der Waals surface area contributed by atoms with Gasteiger partial charge in [-0.25, -0.2) is 13.2 Å². The van der Waals surface area contributed by atoms with Crippen LogP contribution in [-0.4, -0.2) is 28.5 Å². The smallest absolute Gasteiger partial charge is 0.251 e. The van der Waals surface area contributed by atoms with Gasteiger partial charge in [0, 0.05) is 17.8 Å². The molecule has 0 saturated carbocycles. The van der Waals surface area contributed by atoms with Crippen molar-refractivity contribution < 1.29 is 27.9 Å². The van der Waals surface area contributed by atoms with Gasteiger partial charge in [0.2, 0.25) is 5.91 Å². The van der Waals surface area contributed by atoms with Crippen LogP contribution < -0.4 is 11.1 Å². The fourth-order valence-corrected chi connectivity index (χ4v) is 4.30. The van der Waals surface area contributed by atoms with Crippen LogP contribution in [0.2, 0.25) is 0 Å². The van der Waals surface area contributed by atoms with Gasteiger partial charge in [-0.2, -0.15) is 0 Å². The van der Waals surface area contributed by atoms with Gasteiger partial charge in [0.25, 0.3) is 5.91 Å². The number of nitrogens with two attached hydrogens (primary N) is 1. The van der Waals surface area contributed by atoms with E-state index in [-0.39, 0.29) is 17.5 Å². The summed E-state index contributed by atoms with van der Waals surface area (Å²) in [5.41, 5.74) is 6.96. The molecule has 6 nitrogen and oxygen atoms in total. The number of carbonyl (C=O) groups is 2. The lowest BCUT2D eigenvalue weighted by Crippen LogP contribution is -2.36. The molecular weight excluding hydrogens is 495 g/mol. The van der Waals surface area contributed by atoms with Crippen LogP contribution in [0.4, 0.5) is 13.2 Å². The highest BCUT2D eigenvalue weighted by Gasteiger charge is 2.26. The first-order valence-corrected chi connectivity index (χ1v) is 11.7. The summed E-state index contributed by atoms with van der Waals surface area (Å²) in [4.78, 5) is 29.5. The van der Waals surface area contributed by atoms with E-state index in [0.717, 1.165) is 24.3 Å². The van der Waals surface area contributed by atoms with Crippen molar-refractivity contribution in [2.24, 2.45) is 5.73 Å². The predicted molar refractivity (Wildman–Crippen MR) is 135 cm³/mol. The largest absolute Gasteiger partial charge is 0.395 e. The molecule has 0 aliphatic rings. The summed E-state index contributed by atoms with van der Waals surface area (Å²) in [6.07, 6.45) is 1.42. The number of primary amides is 1. The van der Waals surface area contributed by atoms with Crippen LogP contribution >= 0.6 is 0 Å². The van der Waals surface area contributed by atoms with Crippen molar-refractivity contribution >= 4 is 11.8 Å². The molecule has 0 saturated heterocycles. The summed E-state index contributed by atoms with van der Waals surface area (Å²) < 4.78 is 42.1. The Balaban J connectivity index is 1.78. The summed E-state index contributed by atoms with van der Waals surface area (Å²) in [7, 11) is 0. The van der Waals surface area contributed by atoms with Crippen molar-refractivity contribution in [3.63, 3.8) is 0 Å². The zero-order valence-corrected chi connectivity index (χ0v) is 20.1. The molecule has 2 atom stereocenters. The lowest BCUT2D eigenvalue weighted by molar-refractivity contribution is -0.124. The van der Waals surface area contributed by atoms with Gasteiger partial charge in [-0.05, 0) is 53.4 Å². The topological polar surface area (TPSA) is 105 Å². The average Bonchev–Trinajstić information content (AvgIpc) is 2.89. The Bertz CT molecular complexity index is 1440. The van der Waals surface area contributed by atoms with Gasteiger partial charge in [0.15, 0.2) is 0 Å². The number of amides is 2. The van der Waals surface area contributed by atoms with Gasteiger partial charge in [-0.3, -0.25) is 14.6 Å². The first-order valence-electron chi connectivity index (χ1n) is 11.7. The number of halogens is 3. The van der Waals surface area contributed by atoms with Crippen LogP contribution in [0, 0.1) is 17.5 Å². The number of aliphatic hydroxyl groups is 1. The van der Waals surface area contributed by atoms with Gasteiger partial charge >= 0.3 is 0 Å². The number of rotatable bonds is 9. The molecule has 2 unspecified atom stereocenters. The van der Waals surface area contributed by atoms with Crippen LogP contribution in [0.3, 0.4) is 0 Å². The van der Waals surface area contributed by atoms with Gasteiger partial charge in [-0.15, -0.1) is 0 Å². The maximum absolute atomic E-state index is 14.2. The number of carbonyl (C=O) groups excluding carboxylic acids is 2. The predicted octanol–water partition coefficient (Wildman–Crippen LogP) is 4.44. The number of nitrogens with one attached hydrogen (secondary N) is 1. The minimum atomic E-state index is -0.955. The summed E-state index contributed by atoms with van der Waals surface area (Å²) in [6, 6.07) is 17.9. The highest BCUT2D eigenvalue weighted by atomic mass is 19.1. The van der Waals surface area contributed by atoms with E-state index in [4.69, 9.17) is 5.73 Å². The molecule has 0 fully saturated rings. The fraction of sp³-hybridized carbons (Fsp3) is 0.138. The molecule has 3 aromatic carbocycles. The molecule has 1 heterocycles. The highest BCUT2D eigenvalue weighted by molar-refractivity contribution is 5.94. The van der Waals surface area contributed by atoms with Crippen molar-refractivity contribution in [2.45, 2.75) is 18.4 Å². The second-order valence-corrected chi connectivity index (χ2v) is 8.68. The van der Waals surface area contributed by atoms with E-state index in [0.29, 0.717) is 22.4 Å². The highest BCUT2D eigenvalue weighted by Crippen LogP contribution is 2.31. The number of aliphatic hydroxyl groups excluding tert-OH is 1. The standard InChI is InChI=1S/C29H24F3N3O3/c30-20-11-17(12-21(31)15-20)13-26(35-29(38)24(16-36)18-5-2-1-3-6-18)27-22(7-4-10-34-27)19-8-9-25(32)23(14-19)28(33)37/h1-12,14-15,24,26,36H,13,16H2,(H2,33,37)(H,35,38). The zero-order chi connectivity index (χ0) is 27.2. The quantitative estimate of drug-likeness (QED) is 0.304. The molecule has 38 heavy (non-hydrogen) atoms. The normalized spacial score (nSPS) is 12.5. The Morgan fingerprint density at radius 1 is 0.921 bits per heavy atom. The minimum absolute atomic E-state index is 0.0543. The molecule has 4 rings (SSSR count). The van der Waals surface area contributed by atoms with Crippen LogP contribution in [-0.2, 0) is 11.2 Å². The van der Waals surface area contributed by atoms with Crippen LogP contribution in [0.15, 0.2) is 85.1 Å². The third-order valence-corrected chi connectivity index (χ3v) is 6.09. The number of benzene rings is 3. The second-order valence-electron chi connectivity index (χ2n) is 8.68. The van der Waals surface area contributed by atoms with Gasteiger partial charge in [0.05, 0.1) is 29.8 Å². The molecule has 4 aromatic rings. The Kier molecular flexibility index (Phi) is 8.18. The minimum Gasteiger partial charge on any atom is -0.395 e. The first-order chi connectivity index (χ1) is 18.3. The van der Waals surface area contributed by atoms with Crippen molar-refractivity contribution in [1.82, 2.24) is 10.3 Å². The van der Waals surface area contributed by atoms with Crippen molar-refractivity contribution in [3.8, 4) is 11.1 Å². The third-order valence-electron chi connectivity index (χ3n) is 6.09. The fourth-order valence-electron chi connectivity index (χ4n) is 4.30. The van der Waals surface area contributed by atoms with Crippen molar-refractivity contribution in [1.29, 1.82) is 0 Å². The number of nitrogens with zero attached hydrogens (tertiary/aromatic N) is 1. The van der Waals surface area contributed by atoms with Gasteiger partial charge in [0.1, 0.15) is 17.5 Å². The zero-order valence-electron chi connectivity index (χ0n) is 20.1. The molecule has 2 amide bonds. The van der Waals surface area contributed by atoms with E-state index in [2.05, 4.69) is 10.3 Å². The van der Waals surface area contributed by atoms with E-state index < -0.39 is 47.8 Å². The molecule has 0 aliphatic heterocycles. The summed E-state index contributed by atoms with van der Waals surface area (Å²) >= 11 is 0. The summed E-state index contributed by atoms with van der Waals surface area (Å²) in [5.74, 6) is -4.76. The summed E-state index contributed by atoms with van der Waals surface area (Å²) in [6.45, 7) is -0.480. The third kappa shape index (κ3) is 6.07. The van der Waals surface area contributed by atoms with Crippen LogP contribution in [0.25, 0.3) is 11.1 Å². The molecule has 0 bridgehead atoms. The Labute approximate surface area is 217 Å². The number of hydrogen-bond donors (Lipinski definition) is 3. The monoisotopic (exact) mass is 519 g/mol. The lowest BCUT2D eigenvalue weighted by atomic mass is 9.93. The van der Waals surface area contributed by atoms with E-state index in [1.165, 1.54) is 18.3 Å². The molecule has 0 spiro atoms. The maximum atomic E-state index is 14.2. The van der Waals surface area contributed by atoms with Crippen LogP contribution in [0.1, 0.15) is 39.1 Å². The van der Waals surface area contributed by atoms with Crippen molar-refractivity contribution in [2.75, 3.05) is 6.61 Å². The SMILES string of the molecule is NC(=O)c1cc(-c2cccnc2C(Cc2cc(F)cc(F)c2)NC(=O)C(CO)c2ccccc2)ccc1F. The molecule has 0 aliphatic carbocycles. The molecular formula is C29H24F3N3O3. The van der Waals surface area contributed by atoms with Crippen LogP contribution in [0.5, 0.6) is 0 Å². The number of pyridine rings is 1. The maximum Gasteiger partial charge on any atom is 0.251 e. The van der Waals surface area contributed by atoms with E-state index in [1.54, 1.807) is 42.5 Å². The molecule has 9 heteroatoms. The van der Waals surface area contributed by atoms with Crippen molar-refractivity contribution in [3.05, 3.63) is 125 Å². The second kappa shape index (κ2) is 11.7. The molecule has 4 N–H and O–H groups in total. The lowest BCUT2D eigenvalue weighted by Gasteiger charge is -2.24.